The third-order valence-electron chi connectivity index (χ3n) is 8.00. The first-order valence-electron chi connectivity index (χ1n) is 13.8. The summed E-state index contributed by atoms with van der Waals surface area (Å²) in [4.78, 5) is 29.9. The van der Waals surface area contributed by atoms with Gasteiger partial charge in [-0.2, -0.15) is 0 Å². The molecular formula is C34H37N3O4. The fraction of sp³-hybridized carbons (Fsp3) is 0.294. The Balaban J connectivity index is 1.54. The van der Waals surface area contributed by atoms with Crippen molar-refractivity contribution >= 4 is 23.1 Å². The van der Waals surface area contributed by atoms with Crippen molar-refractivity contribution in [2.24, 2.45) is 0 Å². The van der Waals surface area contributed by atoms with E-state index in [4.69, 9.17) is 9.47 Å². The summed E-state index contributed by atoms with van der Waals surface area (Å²) in [6, 6.07) is 21.6. The normalized spacial score (nSPS) is 18.4. The predicted molar refractivity (Wildman–Crippen MR) is 163 cm³/mol. The maximum atomic E-state index is 14.0. The van der Waals surface area contributed by atoms with Gasteiger partial charge in [-0.15, -0.1) is 0 Å². The molecule has 3 aromatic rings. The van der Waals surface area contributed by atoms with E-state index in [1.807, 2.05) is 99.6 Å². The first-order chi connectivity index (χ1) is 19.7. The molecule has 1 amide bonds. The Hall–Kier alpha value is -4.52. The Morgan fingerprint density at radius 3 is 2.17 bits per heavy atom. The van der Waals surface area contributed by atoms with Gasteiger partial charge < -0.3 is 25.0 Å². The Bertz CT molecular complexity index is 1540. The number of carbonyl (C=O) groups is 2. The zero-order chi connectivity index (χ0) is 29.3. The SMILES string of the molecule is COc1ccc([C@@H]2CC(=O)C3=C(C2)NC(C)=C(C(=O)Nc2ccc(C)cc2)[C@H]3c2ccc(N(C)C)cc2)cc1OC. The number of hydrogen-bond acceptors (Lipinski definition) is 6. The van der Waals surface area contributed by atoms with Gasteiger partial charge in [-0.3, -0.25) is 9.59 Å². The average molecular weight is 552 g/mol. The molecule has 2 N–H and O–H groups in total. The van der Waals surface area contributed by atoms with Gasteiger partial charge in [0, 0.05) is 60.3 Å². The van der Waals surface area contributed by atoms with Crippen molar-refractivity contribution in [1.29, 1.82) is 0 Å². The molecule has 7 nitrogen and oxygen atoms in total. The van der Waals surface area contributed by atoms with Crippen LogP contribution in [0.2, 0.25) is 0 Å². The van der Waals surface area contributed by atoms with E-state index in [9.17, 15) is 9.59 Å². The third-order valence-corrected chi connectivity index (χ3v) is 8.00. The highest BCUT2D eigenvalue weighted by atomic mass is 16.5. The number of methoxy groups -OCH3 is 2. The van der Waals surface area contributed by atoms with Gasteiger partial charge in [0.25, 0.3) is 5.91 Å². The minimum Gasteiger partial charge on any atom is -0.493 e. The van der Waals surface area contributed by atoms with Crippen LogP contribution in [0.3, 0.4) is 0 Å². The minimum absolute atomic E-state index is 0.0268. The van der Waals surface area contributed by atoms with Crippen molar-refractivity contribution in [2.45, 2.75) is 38.5 Å². The van der Waals surface area contributed by atoms with Gasteiger partial charge >= 0.3 is 0 Å². The van der Waals surface area contributed by atoms with Crippen LogP contribution in [-0.4, -0.2) is 40.0 Å². The van der Waals surface area contributed by atoms with Gasteiger partial charge in [0.05, 0.1) is 14.2 Å². The molecule has 1 aliphatic carbocycles. The second-order valence-electron chi connectivity index (χ2n) is 10.9. The lowest BCUT2D eigenvalue weighted by molar-refractivity contribution is -0.116. The largest absolute Gasteiger partial charge is 0.493 e. The number of nitrogens with one attached hydrogen (secondary N) is 2. The molecule has 0 saturated heterocycles. The Kier molecular flexibility index (Phi) is 7.88. The topological polar surface area (TPSA) is 79.9 Å². The van der Waals surface area contributed by atoms with Crippen LogP contribution in [0.1, 0.15) is 48.3 Å². The highest BCUT2D eigenvalue weighted by Gasteiger charge is 2.41. The monoisotopic (exact) mass is 551 g/mol. The number of aryl methyl sites for hydroxylation is 1. The van der Waals surface area contributed by atoms with Gasteiger partial charge in [0.1, 0.15) is 0 Å². The molecule has 0 spiro atoms. The van der Waals surface area contributed by atoms with Crippen molar-refractivity contribution in [3.8, 4) is 11.5 Å². The lowest BCUT2D eigenvalue weighted by Crippen LogP contribution is -2.37. The van der Waals surface area contributed by atoms with E-state index in [2.05, 4.69) is 10.6 Å². The lowest BCUT2D eigenvalue weighted by atomic mass is 9.71. The number of carbonyl (C=O) groups excluding carboxylic acids is 2. The van der Waals surface area contributed by atoms with Crippen molar-refractivity contribution < 1.29 is 19.1 Å². The summed E-state index contributed by atoms with van der Waals surface area (Å²) in [6.07, 6.45) is 0.987. The number of nitrogens with zero attached hydrogens (tertiary/aromatic N) is 1. The minimum atomic E-state index is -0.480. The number of ketones is 1. The van der Waals surface area contributed by atoms with Crippen LogP contribution in [0.5, 0.6) is 11.5 Å². The van der Waals surface area contributed by atoms with Crippen LogP contribution in [0.15, 0.2) is 89.3 Å². The van der Waals surface area contributed by atoms with Gasteiger partial charge in [0.15, 0.2) is 17.3 Å². The van der Waals surface area contributed by atoms with Crippen molar-refractivity contribution in [2.75, 3.05) is 38.5 Å². The molecule has 212 valence electrons. The quantitative estimate of drug-likeness (QED) is 0.371. The van der Waals surface area contributed by atoms with E-state index >= 15 is 0 Å². The highest BCUT2D eigenvalue weighted by molar-refractivity contribution is 6.10. The third kappa shape index (κ3) is 5.57. The maximum absolute atomic E-state index is 14.0. The molecule has 0 aromatic heterocycles. The molecule has 0 bridgehead atoms. The Morgan fingerprint density at radius 2 is 1.54 bits per heavy atom. The maximum Gasteiger partial charge on any atom is 0.254 e. The molecule has 7 heteroatoms. The van der Waals surface area contributed by atoms with E-state index in [1.165, 1.54) is 0 Å². The number of anilines is 2. The second kappa shape index (κ2) is 11.5. The summed E-state index contributed by atoms with van der Waals surface area (Å²) in [7, 11) is 7.20. The zero-order valence-electron chi connectivity index (χ0n) is 24.5. The van der Waals surface area contributed by atoms with Crippen molar-refractivity contribution in [1.82, 2.24) is 5.32 Å². The summed E-state index contributed by atoms with van der Waals surface area (Å²) >= 11 is 0. The smallest absolute Gasteiger partial charge is 0.254 e. The first-order valence-corrected chi connectivity index (χ1v) is 13.8. The molecule has 41 heavy (non-hydrogen) atoms. The fourth-order valence-corrected chi connectivity index (χ4v) is 5.82. The van der Waals surface area contributed by atoms with Crippen LogP contribution in [0.25, 0.3) is 0 Å². The lowest BCUT2D eigenvalue weighted by Gasteiger charge is -2.37. The van der Waals surface area contributed by atoms with Gasteiger partial charge in [-0.25, -0.2) is 0 Å². The number of amides is 1. The van der Waals surface area contributed by atoms with Crippen molar-refractivity contribution in [3.63, 3.8) is 0 Å². The number of ether oxygens (including phenoxy) is 2. The standard InChI is InChI=1S/C34H37N3O4/c1-20-7-12-25(13-8-20)36-34(39)31-21(2)35-27-17-24(23-11-16-29(40-5)30(19-23)41-6)18-28(38)33(27)32(31)22-9-14-26(15-10-22)37(3)4/h7-16,19,24,32,35H,17-18H2,1-6H3,(H,36,39)/t24-,32+/m0/s1. The Labute approximate surface area is 241 Å². The predicted octanol–water partition coefficient (Wildman–Crippen LogP) is 6.08. The first kappa shape index (κ1) is 28.0. The fourth-order valence-electron chi connectivity index (χ4n) is 5.82. The van der Waals surface area contributed by atoms with Gasteiger partial charge in [-0.05, 0) is 73.7 Å². The van der Waals surface area contributed by atoms with Crippen LogP contribution in [0.4, 0.5) is 11.4 Å². The highest BCUT2D eigenvalue weighted by Crippen LogP contribution is 2.46. The molecule has 0 fully saturated rings. The summed E-state index contributed by atoms with van der Waals surface area (Å²) in [6.45, 7) is 3.92. The molecule has 1 heterocycles. The summed E-state index contributed by atoms with van der Waals surface area (Å²) in [5, 5.41) is 6.53. The molecule has 0 unspecified atom stereocenters. The number of rotatable bonds is 7. The molecule has 3 aromatic carbocycles. The van der Waals surface area contributed by atoms with Gasteiger partial charge in [-0.1, -0.05) is 35.9 Å². The number of dihydropyridines is 1. The van der Waals surface area contributed by atoms with E-state index in [0.717, 1.165) is 33.8 Å². The number of Topliss-reactive ketones (excluding diaryl/α,β-unsaturated/α-hetero) is 1. The second-order valence-corrected chi connectivity index (χ2v) is 10.9. The van der Waals surface area contributed by atoms with Crippen LogP contribution >= 0.6 is 0 Å². The van der Waals surface area contributed by atoms with Crippen LogP contribution < -0.4 is 25.0 Å². The molecule has 0 saturated carbocycles. The molecule has 1 aliphatic heterocycles. The van der Waals surface area contributed by atoms with Crippen LogP contribution in [0, 0.1) is 6.92 Å². The molecule has 0 radical (unpaired) electrons. The molecule has 2 aliphatic rings. The number of benzene rings is 3. The number of hydrogen-bond donors (Lipinski definition) is 2. The summed E-state index contributed by atoms with van der Waals surface area (Å²) in [5.74, 6) is 0.597. The molecule has 2 atom stereocenters. The van der Waals surface area contributed by atoms with E-state index in [0.29, 0.717) is 41.2 Å². The van der Waals surface area contributed by atoms with Gasteiger partial charge in [0.2, 0.25) is 0 Å². The van der Waals surface area contributed by atoms with E-state index in [-0.39, 0.29) is 17.6 Å². The number of allylic oxidation sites excluding steroid dienone is 3. The average Bonchev–Trinajstić information content (AvgIpc) is 2.97. The molecule has 5 rings (SSSR count). The van der Waals surface area contributed by atoms with E-state index in [1.54, 1.807) is 14.2 Å². The zero-order valence-corrected chi connectivity index (χ0v) is 24.5. The van der Waals surface area contributed by atoms with Crippen LogP contribution in [-0.2, 0) is 9.59 Å². The van der Waals surface area contributed by atoms with E-state index < -0.39 is 5.92 Å². The van der Waals surface area contributed by atoms with Crippen molar-refractivity contribution in [3.05, 3.63) is 106 Å². The summed E-state index contributed by atoms with van der Waals surface area (Å²) < 4.78 is 10.9. The Morgan fingerprint density at radius 1 is 0.878 bits per heavy atom. The summed E-state index contributed by atoms with van der Waals surface area (Å²) in [5.41, 5.74) is 7.64. The molecular weight excluding hydrogens is 514 g/mol.